The minimum absolute atomic E-state index is 0.0816. The second-order valence-corrected chi connectivity index (χ2v) is 10.00. The fourth-order valence-electron chi connectivity index (χ4n) is 2.94. The summed E-state index contributed by atoms with van der Waals surface area (Å²) in [5.41, 5.74) is 0. The predicted octanol–water partition coefficient (Wildman–Crippen LogP) is 2.36. The summed E-state index contributed by atoms with van der Waals surface area (Å²) < 4.78 is 27.3. The summed E-state index contributed by atoms with van der Waals surface area (Å²) in [6.45, 7) is 7.96. The molecule has 2 heterocycles. The highest BCUT2D eigenvalue weighted by Crippen LogP contribution is 2.28. The van der Waals surface area contributed by atoms with Crippen molar-refractivity contribution in [3.8, 4) is 0 Å². The molecular formula is C16H26ClN3O3S2. The van der Waals surface area contributed by atoms with Crippen LogP contribution in [0.25, 0.3) is 0 Å². The van der Waals surface area contributed by atoms with Gasteiger partial charge in [0.1, 0.15) is 4.21 Å². The smallest absolute Gasteiger partial charge is 0.252 e. The number of carbonyl (C=O) groups is 1. The van der Waals surface area contributed by atoms with Crippen LogP contribution in [0.4, 0.5) is 0 Å². The van der Waals surface area contributed by atoms with Gasteiger partial charge in [0, 0.05) is 26.2 Å². The lowest BCUT2D eigenvalue weighted by Crippen LogP contribution is -2.52. The molecule has 25 heavy (non-hydrogen) atoms. The molecule has 1 aliphatic rings. The van der Waals surface area contributed by atoms with Crippen molar-refractivity contribution in [2.75, 3.05) is 45.8 Å². The van der Waals surface area contributed by atoms with Crippen molar-refractivity contribution < 1.29 is 13.2 Å². The van der Waals surface area contributed by atoms with Gasteiger partial charge < -0.3 is 4.90 Å². The molecule has 0 N–H and O–H groups in total. The third-order valence-electron chi connectivity index (χ3n) is 4.17. The summed E-state index contributed by atoms with van der Waals surface area (Å²) in [6.07, 6.45) is 2.03. The van der Waals surface area contributed by atoms with Crippen LogP contribution in [-0.2, 0) is 14.8 Å². The van der Waals surface area contributed by atoms with Crippen LogP contribution < -0.4 is 0 Å². The Kier molecular flexibility index (Phi) is 7.69. The lowest BCUT2D eigenvalue weighted by atomic mass is 10.3. The molecule has 0 radical (unpaired) electrons. The van der Waals surface area contributed by atoms with Gasteiger partial charge in [0.2, 0.25) is 5.91 Å². The van der Waals surface area contributed by atoms with E-state index in [1.165, 1.54) is 10.4 Å². The first-order chi connectivity index (χ1) is 11.9. The Morgan fingerprint density at radius 1 is 1.16 bits per heavy atom. The van der Waals surface area contributed by atoms with Crippen molar-refractivity contribution in [3.05, 3.63) is 16.5 Å². The van der Waals surface area contributed by atoms with Gasteiger partial charge in [-0.25, -0.2) is 8.42 Å². The van der Waals surface area contributed by atoms with E-state index in [2.05, 4.69) is 18.7 Å². The standard InChI is InChI=1S/C16H26ClN3O3S2/c1-3-7-18(8-4-2)13-15(21)19-9-11-20(12-10-19)25(22,23)16-6-5-14(17)24-16/h5-6H,3-4,7-13H2,1-2H3. The van der Waals surface area contributed by atoms with Crippen molar-refractivity contribution in [2.45, 2.75) is 30.9 Å². The van der Waals surface area contributed by atoms with Gasteiger partial charge >= 0.3 is 0 Å². The molecule has 2 rings (SSSR count). The molecule has 9 heteroatoms. The maximum absolute atomic E-state index is 12.6. The van der Waals surface area contributed by atoms with Crippen LogP contribution in [0, 0.1) is 0 Å². The minimum Gasteiger partial charge on any atom is -0.339 e. The number of hydrogen-bond donors (Lipinski definition) is 0. The zero-order valence-electron chi connectivity index (χ0n) is 14.8. The number of carbonyl (C=O) groups excluding carboxylic acids is 1. The summed E-state index contributed by atoms with van der Waals surface area (Å²) in [5, 5.41) is 0. The van der Waals surface area contributed by atoms with E-state index in [1.807, 2.05) is 0 Å². The third-order valence-corrected chi connectivity index (χ3v) is 7.77. The Morgan fingerprint density at radius 2 is 1.76 bits per heavy atom. The van der Waals surface area contributed by atoms with Gasteiger partial charge in [0.15, 0.2) is 0 Å². The number of thiophene rings is 1. The number of hydrogen-bond acceptors (Lipinski definition) is 5. The van der Waals surface area contributed by atoms with E-state index in [4.69, 9.17) is 11.6 Å². The van der Waals surface area contributed by atoms with Gasteiger partial charge in [-0.05, 0) is 38.1 Å². The van der Waals surface area contributed by atoms with Gasteiger partial charge in [-0.1, -0.05) is 25.4 Å². The van der Waals surface area contributed by atoms with Crippen LogP contribution in [0.3, 0.4) is 0 Å². The van der Waals surface area contributed by atoms with Crippen molar-refractivity contribution in [1.29, 1.82) is 0 Å². The lowest BCUT2D eigenvalue weighted by Gasteiger charge is -2.35. The van der Waals surface area contributed by atoms with Gasteiger partial charge in [-0.3, -0.25) is 9.69 Å². The van der Waals surface area contributed by atoms with Gasteiger partial charge in [0.25, 0.3) is 10.0 Å². The van der Waals surface area contributed by atoms with Gasteiger partial charge in [-0.15, -0.1) is 11.3 Å². The zero-order valence-corrected chi connectivity index (χ0v) is 17.2. The minimum atomic E-state index is -3.51. The third kappa shape index (κ3) is 5.40. The molecule has 0 spiro atoms. The predicted molar refractivity (Wildman–Crippen MR) is 102 cm³/mol. The fraction of sp³-hybridized carbons (Fsp3) is 0.688. The summed E-state index contributed by atoms with van der Waals surface area (Å²) in [6, 6.07) is 3.13. The molecule has 0 unspecified atom stereocenters. The maximum atomic E-state index is 12.6. The highest BCUT2D eigenvalue weighted by molar-refractivity contribution is 7.91. The number of amides is 1. The summed E-state index contributed by atoms with van der Waals surface area (Å²) >= 11 is 6.91. The highest BCUT2D eigenvalue weighted by atomic mass is 35.5. The Balaban J connectivity index is 1.91. The fourth-order valence-corrected chi connectivity index (χ4v) is 5.99. The van der Waals surface area contributed by atoms with Crippen molar-refractivity contribution in [3.63, 3.8) is 0 Å². The quantitative estimate of drug-likeness (QED) is 0.663. The number of halogens is 1. The van der Waals surface area contributed by atoms with E-state index in [0.29, 0.717) is 37.1 Å². The first-order valence-corrected chi connectivity index (χ1v) is 11.3. The summed E-state index contributed by atoms with van der Waals surface area (Å²) in [4.78, 5) is 16.4. The average Bonchev–Trinajstić information content (AvgIpc) is 3.03. The van der Waals surface area contributed by atoms with Crippen molar-refractivity contribution in [1.82, 2.24) is 14.1 Å². The van der Waals surface area contributed by atoms with Gasteiger partial charge in [0.05, 0.1) is 10.9 Å². The lowest BCUT2D eigenvalue weighted by molar-refractivity contribution is -0.133. The van der Waals surface area contributed by atoms with Crippen LogP contribution in [-0.4, -0.2) is 74.2 Å². The molecule has 0 bridgehead atoms. The molecule has 1 fully saturated rings. The second kappa shape index (κ2) is 9.32. The SMILES string of the molecule is CCCN(CCC)CC(=O)N1CCN(S(=O)(=O)c2ccc(Cl)s2)CC1. The monoisotopic (exact) mass is 407 g/mol. The molecule has 142 valence electrons. The molecule has 1 aromatic heterocycles. The molecule has 0 atom stereocenters. The van der Waals surface area contributed by atoms with E-state index < -0.39 is 10.0 Å². The molecular weight excluding hydrogens is 382 g/mol. The topological polar surface area (TPSA) is 60.9 Å². The van der Waals surface area contributed by atoms with Crippen LogP contribution in [0.15, 0.2) is 16.3 Å². The molecule has 6 nitrogen and oxygen atoms in total. The van der Waals surface area contributed by atoms with E-state index >= 15 is 0 Å². The first kappa shape index (κ1) is 20.6. The van der Waals surface area contributed by atoms with Crippen LogP contribution in [0.2, 0.25) is 4.34 Å². The Hall–Kier alpha value is -0.670. The zero-order chi connectivity index (χ0) is 18.4. The van der Waals surface area contributed by atoms with Crippen LogP contribution in [0.1, 0.15) is 26.7 Å². The van der Waals surface area contributed by atoms with Crippen molar-refractivity contribution >= 4 is 38.9 Å². The molecule has 1 amide bonds. The normalized spacial score (nSPS) is 16.6. The van der Waals surface area contributed by atoms with Crippen LogP contribution >= 0.6 is 22.9 Å². The first-order valence-electron chi connectivity index (χ1n) is 8.64. The number of sulfonamides is 1. The van der Waals surface area contributed by atoms with Gasteiger partial charge in [-0.2, -0.15) is 4.31 Å². The summed E-state index contributed by atoms with van der Waals surface area (Å²) in [5.74, 6) is 0.0816. The molecule has 0 saturated carbocycles. The molecule has 1 aromatic rings. The molecule has 0 aliphatic carbocycles. The van der Waals surface area contributed by atoms with Crippen molar-refractivity contribution in [2.24, 2.45) is 0 Å². The maximum Gasteiger partial charge on any atom is 0.252 e. The van der Waals surface area contributed by atoms with Crippen LogP contribution in [0.5, 0.6) is 0 Å². The largest absolute Gasteiger partial charge is 0.339 e. The Labute approximate surface area is 159 Å². The van der Waals surface area contributed by atoms with E-state index in [1.54, 1.807) is 11.0 Å². The summed E-state index contributed by atoms with van der Waals surface area (Å²) in [7, 11) is -3.51. The van der Waals surface area contributed by atoms with E-state index in [-0.39, 0.29) is 10.1 Å². The molecule has 0 aromatic carbocycles. The molecule has 1 aliphatic heterocycles. The highest BCUT2D eigenvalue weighted by Gasteiger charge is 2.31. The molecule has 1 saturated heterocycles. The number of piperazine rings is 1. The Morgan fingerprint density at radius 3 is 2.24 bits per heavy atom. The van der Waals surface area contributed by atoms with E-state index in [0.717, 1.165) is 37.3 Å². The number of nitrogens with zero attached hydrogens (tertiary/aromatic N) is 3. The number of rotatable bonds is 8. The van der Waals surface area contributed by atoms with E-state index in [9.17, 15) is 13.2 Å². The second-order valence-electron chi connectivity index (χ2n) is 6.12. The average molecular weight is 408 g/mol. The Bertz CT molecular complexity index is 664.